The average Bonchev–Trinajstić information content (AvgIpc) is 2.65. The molecule has 1 aliphatic rings. The first-order chi connectivity index (χ1) is 13.6. The van der Waals surface area contributed by atoms with Gasteiger partial charge in [0.2, 0.25) is 0 Å². The lowest BCUT2D eigenvalue weighted by Crippen LogP contribution is -2.34. The molecule has 4 N–H and O–H groups in total. The van der Waals surface area contributed by atoms with Gasteiger partial charge in [0, 0.05) is 24.2 Å². The molecule has 7 nitrogen and oxygen atoms in total. The van der Waals surface area contributed by atoms with Crippen LogP contribution in [0, 0.1) is 5.92 Å². The number of hydrogen-bond donors (Lipinski definition) is 4. The minimum absolute atomic E-state index is 0.00712. The van der Waals surface area contributed by atoms with E-state index in [0.717, 1.165) is 0 Å². The normalized spacial score (nSPS) is 29.1. The maximum Gasteiger partial charge on any atom is 0.342 e. The molecule has 158 valence electrons. The first kappa shape index (κ1) is 22.6. The molecule has 1 aromatic carbocycles. The molecule has 2 rings (SSSR count). The number of carbonyl (C=O) groups excluding carboxylic acids is 2. The molecule has 0 saturated carbocycles. The number of aromatic hydroxyl groups is 1. The van der Waals surface area contributed by atoms with Crippen molar-refractivity contribution in [2.75, 3.05) is 11.9 Å². The van der Waals surface area contributed by atoms with E-state index in [0.29, 0.717) is 17.8 Å². The third-order valence-corrected chi connectivity index (χ3v) is 4.98. The van der Waals surface area contributed by atoms with Gasteiger partial charge < -0.3 is 25.4 Å². The summed E-state index contributed by atoms with van der Waals surface area (Å²) in [7, 11) is 0. The Kier molecular flexibility index (Phi) is 7.59. The van der Waals surface area contributed by atoms with Crippen molar-refractivity contribution in [1.82, 2.24) is 0 Å². The third kappa shape index (κ3) is 5.46. The van der Waals surface area contributed by atoms with Gasteiger partial charge in [-0.25, -0.2) is 4.79 Å². The van der Waals surface area contributed by atoms with Gasteiger partial charge >= 0.3 is 5.97 Å². The zero-order valence-electron chi connectivity index (χ0n) is 17.2. The average molecular weight is 403 g/mol. The molecule has 0 aromatic heterocycles. The zero-order chi connectivity index (χ0) is 21.7. The SMILES string of the molecule is CCNc1cc(O)c2c(c1)/C=C/C[C@H](O)[C@H](O)C(=O)/C(C)=C\[C@@H](C)[C@H](C)OC2=O. The standard InChI is InChI=1S/C22H29NO6/c1-5-23-16-10-15-7-6-8-17(24)21(27)20(26)13(3)9-12(2)14(4)29-22(28)19(15)18(25)11-16/h6-7,9-12,14,17,21,23-25,27H,5,8H2,1-4H3/b7-6+,13-9-/t12-,14+,17+,21+/m1/s1. The minimum atomic E-state index is -1.55. The number of ether oxygens (including phenoxy) is 1. The maximum absolute atomic E-state index is 12.8. The number of aliphatic hydroxyl groups is 2. The summed E-state index contributed by atoms with van der Waals surface area (Å²) in [5.74, 6) is -1.79. The number of phenols is 1. The molecule has 1 aromatic rings. The molecular formula is C22H29NO6. The summed E-state index contributed by atoms with van der Waals surface area (Å²) >= 11 is 0. The molecule has 0 fully saturated rings. The highest BCUT2D eigenvalue weighted by atomic mass is 16.5. The van der Waals surface area contributed by atoms with Crippen molar-refractivity contribution in [2.45, 2.75) is 52.4 Å². The Morgan fingerprint density at radius 2 is 1.90 bits per heavy atom. The number of aliphatic hydroxyl groups excluding tert-OH is 2. The van der Waals surface area contributed by atoms with Gasteiger partial charge in [0.1, 0.15) is 23.5 Å². The van der Waals surface area contributed by atoms with Gasteiger partial charge in [0.15, 0.2) is 5.78 Å². The van der Waals surface area contributed by atoms with E-state index in [-0.39, 0.29) is 29.2 Å². The second kappa shape index (κ2) is 9.71. The molecule has 7 heteroatoms. The predicted molar refractivity (Wildman–Crippen MR) is 111 cm³/mol. The van der Waals surface area contributed by atoms with Crippen LogP contribution < -0.4 is 5.32 Å². The van der Waals surface area contributed by atoms with E-state index in [1.54, 1.807) is 45.1 Å². The molecule has 0 amide bonds. The van der Waals surface area contributed by atoms with E-state index in [1.807, 2.05) is 6.92 Å². The molecule has 0 aliphatic carbocycles. The van der Waals surface area contributed by atoms with Gasteiger partial charge in [0.05, 0.1) is 6.10 Å². The van der Waals surface area contributed by atoms with Crippen LogP contribution >= 0.6 is 0 Å². The van der Waals surface area contributed by atoms with E-state index < -0.39 is 30.1 Å². The molecule has 0 saturated heterocycles. The largest absolute Gasteiger partial charge is 0.507 e. The number of benzene rings is 1. The number of phenolic OH excluding ortho intramolecular Hbond substituents is 1. The number of hydrogen-bond acceptors (Lipinski definition) is 7. The Labute approximate surface area is 170 Å². The summed E-state index contributed by atoms with van der Waals surface area (Å²) in [5.41, 5.74) is 1.33. The molecule has 0 unspecified atom stereocenters. The summed E-state index contributed by atoms with van der Waals surface area (Å²) in [6.07, 6.45) is 1.27. The van der Waals surface area contributed by atoms with Gasteiger partial charge in [-0.15, -0.1) is 0 Å². The van der Waals surface area contributed by atoms with Crippen molar-refractivity contribution in [3.05, 3.63) is 41.0 Å². The first-order valence-electron chi connectivity index (χ1n) is 9.72. The van der Waals surface area contributed by atoms with Crippen LogP contribution in [0.1, 0.15) is 50.0 Å². The minimum Gasteiger partial charge on any atom is -0.507 e. The highest BCUT2D eigenvalue weighted by Gasteiger charge is 2.27. The van der Waals surface area contributed by atoms with Crippen molar-refractivity contribution >= 4 is 23.5 Å². The fourth-order valence-electron chi connectivity index (χ4n) is 3.13. The van der Waals surface area contributed by atoms with Crippen molar-refractivity contribution < 1.29 is 29.6 Å². The molecule has 29 heavy (non-hydrogen) atoms. The smallest absolute Gasteiger partial charge is 0.342 e. The van der Waals surface area contributed by atoms with Gasteiger partial charge in [-0.3, -0.25) is 4.79 Å². The molecule has 1 heterocycles. The third-order valence-electron chi connectivity index (χ3n) is 4.98. The number of rotatable bonds is 2. The summed E-state index contributed by atoms with van der Waals surface area (Å²) in [6, 6.07) is 3.14. The quantitative estimate of drug-likeness (QED) is 0.561. The van der Waals surface area contributed by atoms with Crippen LogP contribution in [0.15, 0.2) is 29.9 Å². The second-order valence-electron chi connectivity index (χ2n) is 7.32. The predicted octanol–water partition coefficient (Wildman–Crippen LogP) is 2.66. The van der Waals surface area contributed by atoms with E-state index in [1.165, 1.54) is 6.07 Å². The van der Waals surface area contributed by atoms with Crippen LogP contribution in [0.3, 0.4) is 0 Å². The molecule has 0 spiro atoms. The second-order valence-corrected chi connectivity index (χ2v) is 7.32. The van der Waals surface area contributed by atoms with E-state index in [9.17, 15) is 24.9 Å². The van der Waals surface area contributed by atoms with Gasteiger partial charge in [0.25, 0.3) is 0 Å². The fraction of sp³-hybridized carbons (Fsp3) is 0.455. The van der Waals surface area contributed by atoms with Gasteiger partial charge in [-0.1, -0.05) is 25.2 Å². The van der Waals surface area contributed by atoms with Crippen LogP contribution in [-0.4, -0.2) is 51.9 Å². The van der Waals surface area contributed by atoms with Crippen LogP contribution in [0.4, 0.5) is 5.69 Å². The Bertz CT molecular complexity index is 829. The lowest BCUT2D eigenvalue weighted by atomic mass is 9.95. The molecule has 1 aliphatic heterocycles. The number of carbonyl (C=O) groups is 2. The molecular weight excluding hydrogens is 374 g/mol. The topological polar surface area (TPSA) is 116 Å². The number of anilines is 1. The van der Waals surface area contributed by atoms with E-state index in [4.69, 9.17) is 4.74 Å². The van der Waals surface area contributed by atoms with Crippen molar-refractivity contribution in [3.8, 4) is 5.75 Å². The zero-order valence-corrected chi connectivity index (χ0v) is 17.2. The van der Waals surface area contributed by atoms with E-state index in [2.05, 4.69) is 5.32 Å². The maximum atomic E-state index is 12.8. The molecule has 4 atom stereocenters. The monoisotopic (exact) mass is 403 g/mol. The van der Waals surface area contributed by atoms with Crippen LogP contribution in [-0.2, 0) is 9.53 Å². The number of nitrogens with one attached hydrogen (secondary N) is 1. The Balaban J connectivity index is 2.53. The highest BCUT2D eigenvalue weighted by Crippen LogP contribution is 2.30. The van der Waals surface area contributed by atoms with Crippen LogP contribution in [0.2, 0.25) is 0 Å². The Morgan fingerprint density at radius 3 is 2.55 bits per heavy atom. The molecule has 0 radical (unpaired) electrons. The number of fused-ring (bicyclic) bond motifs is 1. The number of esters is 1. The number of cyclic esters (lactones) is 1. The first-order valence-corrected chi connectivity index (χ1v) is 9.72. The molecule has 0 bridgehead atoms. The summed E-state index contributed by atoms with van der Waals surface area (Å²) in [6.45, 7) is 7.54. The summed E-state index contributed by atoms with van der Waals surface area (Å²) in [4.78, 5) is 25.1. The Hall–Kier alpha value is -2.64. The fourth-order valence-corrected chi connectivity index (χ4v) is 3.13. The van der Waals surface area contributed by atoms with E-state index >= 15 is 0 Å². The number of Topliss-reactive ketones (excluding diaryl/α,β-unsaturated/α-hetero) is 1. The van der Waals surface area contributed by atoms with Crippen molar-refractivity contribution in [1.29, 1.82) is 0 Å². The van der Waals surface area contributed by atoms with Gasteiger partial charge in [-0.05, 0) is 44.4 Å². The Morgan fingerprint density at radius 1 is 1.21 bits per heavy atom. The highest BCUT2D eigenvalue weighted by molar-refractivity contribution is 5.99. The van der Waals surface area contributed by atoms with Crippen LogP contribution in [0.25, 0.3) is 6.08 Å². The van der Waals surface area contributed by atoms with Crippen molar-refractivity contribution in [2.24, 2.45) is 5.92 Å². The van der Waals surface area contributed by atoms with Crippen LogP contribution in [0.5, 0.6) is 5.75 Å². The lowest BCUT2D eigenvalue weighted by molar-refractivity contribution is -0.128. The number of ketones is 1. The van der Waals surface area contributed by atoms with Crippen molar-refractivity contribution in [3.63, 3.8) is 0 Å². The summed E-state index contributed by atoms with van der Waals surface area (Å²) in [5, 5.41) is 33.9. The summed E-state index contributed by atoms with van der Waals surface area (Å²) < 4.78 is 5.53. The lowest BCUT2D eigenvalue weighted by Gasteiger charge is -2.21. The van der Waals surface area contributed by atoms with Gasteiger partial charge in [-0.2, -0.15) is 0 Å².